The monoisotopic (exact) mass is 360 g/mol. The number of hydrogen-bond donors (Lipinski definition) is 1. The lowest BCUT2D eigenvalue weighted by Crippen LogP contribution is -2.31. The fraction of sp³-hybridized carbons (Fsp3) is 0.316. The van der Waals surface area contributed by atoms with Crippen LogP contribution >= 0.6 is 0 Å². The fourth-order valence-electron chi connectivity index (χ4n) is 2.76. The third kappa shape index (κ3) is 4.17. The zero-order chi connectivity index (χ0) is 19.4. The zero-order valence-electron chi connectivity index (χ0n) is 15.2. The summed E-state index contributed by atoms with van der Waals surface area (Å²) in [5.41, 5.74) is 2.03. The van der Waals surface area contributed by atoms with Crippen LogP contribution in [0.15, 0.2) is 24.3 Å². The average molecular weight is 360 g/mol. The molecule has 0 aliphatic rings. The van der Waals surface area contributed by atoms with Crippen molar-refractivity contribution in [2.24, 2.45) is 0 Å². The van der Waals surface area contributed by atoms with Gasteiger partial charge in [-0.3, -0.25) is 9.59 Å². The first kappa shape index (κ1) is 19.4. The van der Waals surface area contributed by atoms with Crippen molar-refractivity contribution in [2.75, 3.05) is 13.7 Å². The molecule has 1 amide bonds. The van der Waals surface area contributed by atoms with Crippen LogP contribution in [0.25, 0.3) is 0 Å². The molecule has 1 heterocycles. The van der Waals surface area contributed by atoms with Gasteiger partial charge >= 0.3 is 5.97 Å². The number of likely N-dealkylation sites (N-methyl/N-ethyl adjacent to an activating group) is 1. The van der Waals surface area contributed by atoms with Gasteiger partial charge in [0.1, 0.15) is 11.5 Å². The number of carbonyl (C=O) groups is 3. The first-order valence-corrected chi connectivity index (χ1v) is 8.07. The molecule has 2 aromatic rings. The highest BCUT2D eigenvalue weighted by Crippen LogP contribution is 2.19. The Hall–Kier alpha value is -2.96. The van der Waals surface area contributed by atoms with Crippen molar-refractivity contribution in [3.8, 4) is 0 Å². The van der Waals surface area contributed by atoms with E-state index in [4.69, 9.17) is 4.74 Å². The molecule has 0 saturated carbocycles. The summed E-state index contributed by atoms with van der Waals surface area (Å²) in [4.78, 5) is 40.0. The lowest BCUT2D eigenvalue weighted by molar-refractivity contribution is -0.133. The van der Waals surface area contributed by atoms with Gasteiger partial charge in [-0.25, -0.2) is 9.18 Å². The summed E-state index contributed by atoms with van der Waals surface area (Å²) in [5, 5.41) is 0. The van der Waals surface area contributed by atoms with Crippen molar-refractivity contribution in [2.45, 2.75) is 27.3 Å². The number of aryl methyl sites for hydroxylation is 1. The standard InChI is InChI=1S/C19H21FN2O4/c1-11-17(13(3)23)12(2)21-18(11)19(25)26-10-16(24)22(4)9-14-7-5-6-8-15(14)20/h5-8,21H,9-10H2,1-4H3. The zero-order valence-corrected chi connectivity index (χ0v) is 15.2. The van der Waals surface area contributed by atoms with Crippen molar-refractivity contribution < 1.29 is 23.5 Å². The fourth-order valence-corrected chi connectivity index (χ4v) is 2.76. The van der Waals surface area contributed by atoms with E-state index in [0.29, 0.717) is 22.4 Å². The molecule has 0 atom stereocenters. The van der Waals surface area contributed by atoms with Gasteiger partial charge in [0.2, 0.25) is 0 Å². The third-order valence-corrected chi connectivity index (χ3v) is 4.11. The molecule has 0 spiro atoms. The number of aromatic nitrogens is 1. The molecule has 7 heteroatoms. The summed E-state index contributed by atoms with van der Waals surface area (Å²) in [6.07, 6.45) is 0. The number of Topliss-reactive ketones (excluding diaryl/α,β-unsaturated/α-hetero) is 1. The molecule has 0 aliphatic carbocycles. The molecule has 0 bridgehead atoms. The maximum absolute atomic E-state index is 13.6. The number of hydrogen-bond acceptors (Lipinski definition) is 4. The molecule has 0 saturated heterocycles. The van der Waals surface area contributed by atoms with Crippen molar-refractivity contribution >= 4 is 17.7 Å². The molecular weight excluding hydrogens is 339 g/mol. The normalized spacial score (nSPS) is 10.5. The number of benzene rings is 1. The quantitative estimate of drug-likeness (QED) is 0.635. The van der Waals surface area contributed by atoms with Gasteiger partial charge in [0.25, 0.3) is 5.91 Å². The highest BCUT2D eigenvalue weighted by molar-refractivity contribution is 6.01. The van der Waals surface area contributed by atoms with E-state index in [1.54, 1.807) is 32.0 Å². The van der Waals surface area contributed by atoms with Crippen molar-refractivity contribution in [3.63, 3.8) is 0 Å². The minimum Gasteiger partial charge on any atom is -0.451 e. The molecule has 1 aromatic carbocycles. The molecule has 0 unspecified atom stereocenters. The molecular formula is C19H21FN2O4. The van der Waals surface area contributed by atoms with Crippen LogP contribution in [0.2, 0.25) is 0 Å². The van der Waals surface area contributed by atoms with Crippen LogP contribution in [0, 0.1) is 19.7 Å². The van der Waals surface area contributed by atoms with E-state index in [-0.39, 0.29) is 18.0 Å². The Morgan fingerprint density at radius 2 is 1.85 bits per heavy atom. The summed E-state index contributed by atoms with van der Waals surface area (Å²) in [6.45, 7) is 4.34. The Morgan fingerprint density at radius 3 is 2.42 bits per heavy atom. The minimum absolute atomic E-state index is 0.0676. The van der Waals surface area contributed by atoms with Gasteiger partial charge in [-0.2, -0.15) is 0 Å². The number of H-pyrrole nitrogens is 1. The van der Waals surface area contributed by atoms with E-state index >= 15 is 0 Å². The number of ether oxygens (including phenoxy) is 1. The molecule has 0 aliphatic heterocycles. The smallest absolute Gasteiger partial charge is 0.355 e. The molecule has 0 radical (unpaired) electrons. The summed E-state index contributed by atoms with van der Waals surface area (Å²) in [5.74, 6) is -1.74. The molecule has 138 valence electrons. The van der Waals surface area contributed by atoms with E-state index in [1.165, 1.54) is 24.9 Å². The molecule has 2 rings (SSSR count). The SMILES string of the molecule is CC(=O)c1c(C)[nH]c(C(=O)OCC(=O)N(C)Cc2ccccc2F)c1C. The van der Waals surface area contributed by atoms with E-state index in [9.17, 15) is 18.8 Å². The Morgan fingerprint density at radius 1 is 1.19 bits per heavy atom. The first-order valence-electron chi connectivity index (χ1n) is 8.07. The van der Waals surface area contributed by atoms with E-state index in [1.807, 2.05) is 0 Å². The number of rotatable bonds is 6. The van der Waals surface area contributed by atoms with Crippen LogP contribution in [0.1, 0.15) is 44.6 Å². The maximum atomic E-state index is 13.6. The molecule has 0 fully saturated rings. The second-order valence-corrected chi connectivity index (χ2v) is 6.10. The van der Waals surface area contributed by atoms with Gasteiger partial charge in [0.05, 0.1) is 0 Å². The molecule has 1 aromatic heterocycles. The summed E-state index contributed by atoms with van der Waals surface area (Å²) in [6, 6.07) is 6.15. The highest BCUT2D eigenvalue weighted by atomic mass is 19.1. The summed E-state index contributed by atoms with van der Waals surface area (Å²) >= 11 is 0. The Balaban J connectivity index is 1.99. The number of esters is 1. The van der Waals surface area contributed by atoms with E-state index in [2.05, 4.69) is 4.98 Å². The molecule has 26 heavy (non-hydrogen) atoms. The second kappa shape index (κ2) is 7.95. The molecule has 1 N–H and O–H groups in total. The van der Waals surface area contributed by atoms with Gasteiger partial charge in [0, 0.05) is 30.4 Å². The third-order valence-electron chi connectivity index (χ3n) is 4.11. The topological polar surface area (TPSA) is 79.5 Å². The predicted molar refractivity (Wildman–Crippen MR) is 93.4 cm³/mol. The lowest BCUT2D eigenvalue weighted by Gasteiger charge is -2.17. The predicted octanol–water partition coefficient (Wildman–Crippen LogP) is 2.79. The molecule has 6 nitrogen and oxygen atoms in total. The Bertz CT molecular complexity index is 857. The Kier molecular flexibility index (Phi) is 5.92. The number of aromatic amines is 1. The van der Waals surface area contributed by atoms with Gasteiger partial charge in [-0.1, -0.05) is 18.2 Å². The van der Waals surface area contributed by atoms with Crippen molar-refractivity contribution in [3.05, 3.63) is 58.2 Å². The highest BCUT2D eigenvalue weighted by Gasteiger charge is 2.22. The van der Waals surface area contributed by atoms with E-state index in [0.717, 1.165) is 0 Å². The van der Waals surface area contributed by atoms with Crippen LogP contribution in [-0.2, 0) is 16.1 Å². The first-order chi connectivity index (χ1) is 12.2. The largest absolute Gasteiger partial charge is 0.451 e. The summed E-state index contributed by atoms with van der Waals surface area (Å²) in [7, 11) is 1.50. The Labute approximate surface area is 151 Å². The van der Waals surface area contributed by atoms with Gasteiger partial charge in [-0.05, 0) is 32.4 Å². The van der Waals surface area contributed by atoms with Crippen LogP contribution < -0.4 is 0 Å². The average Bonchev–Trinajstić information content (AvgIpc) is 2.89. The van der Waals surface area contributed by atoms with Crippen LogP contribution in [0.4, 0.5) is 4.39 Å². The number of amides is 1. The van der Waals surface area contributed by atoms with Crippen molar-refractivity contribution in [1.82, 2.24) is 9.88 Å². The van der Waals surface area contributed by atoms with Crippen LogP contribution in [0.5, 0.6) is 0 Å². The maximum Gasteiger partial charge on any atom is 0.355 e. The van der Waals surface area contributed by atoms with Gasteiger partial charge in [0.15, 0.2) is 12.4 Å². The number of carbonyl (C=O) groups excluding carboxylic acids is 3. The summed E-state index contributed by atoms with van der Waals surface area (Å²) < 4.78 is 18.7. The van der Waals surface area contributed by atoms with E-state index < -0.39 is 24.3 Å². The lowest BCUT2D eigenvalue weighted by atomic mass is 10.1. The van der Waals surface area contributed by atoms with Gasteiger partial charge in [-0.15, -0.1) is 0 Å². The number of ketones is 1. The second-order valence-electron chi connectivity index (χ2n) is 6.10. The van der Waals surface area contributed by atoms with Crippen LogP contribution in [0.3, 0.4) is 0 Å². The minimum atomic E-state index is -0.717. The number of halogens is 1. The van der Waals surface area contributed by atoms with Crippen LogP contribution in [-0.4, -0.2) is 41.2 Å². The van der Waals surface area contributed by atoms with Gasteiger partial charge < -0.3 is 14.6 Å². The van der Waals surface area contributed by atoms with Crippen molar-refractivity contribution in [1.29, 1.82) is 0 Å². The number of nitrogens with zero attached hydrogens (tertiary/aromatic N) is 1. The number of nitrogens with one attached hydrogen (secondary N) is 1.